The Balaban J connectivity index is 2.80. The lowest BCUT2D eigenvalue weighted by molar-refractivity contribution is 0.568. The number of hydrogen-bond donors (Lipinski definition) is 0. The molecule has 2 aromatic rings. The Kier molecular flexibility index (Phi) is 2.75. The number of halogens is 2. The fourth-order valence-corrected chi connectivity index (χ4v) is 2.00. The molecule has 2 heterocycles. The van der Waals surface area contributed by atoms with E-state index in [1.54, 1.807) is 4.52 Å². The van der Waals surface area contributed by atoms with E-state index < -0.39 is 0 Å². The minimum absolute atomic E-state index is 0.0248. The fraction of sp³-hybridized carbons (Fsp3) is 0.455. The monoisotopic (exact) mass is 301 g/mol. The Morgan fingerprint density at radius 1 is 1.38 bits per heavy atom. The van der Waals surface area contributed by atoms with Crippen LogP contribution in [0.15, 0.2) is 10.5 Å². The van der Waals surface area contributed by atoms with Crippen molar-refractivity contribution in [1.29, 1.82) is 0 Å². The van der Waals surface area contributed by atoms with Crippen molar-refractivity contribution in [1.82, 2.24) is 14.6 Å². The molecule has 2 rings (SSSR count). The number of aryl methyl sites for hydroxylation is 1. The van der Waals surface area contributed by atoms with Crippen LogP contribution in [0.1, 0.15) is 32.2 Å². The topological polar surface area (TPSA) is 30.2 Å². The van der Waals surface area contributed by atoms with Gasteiger partial charge in [-0.05, 0) is 28.9 Å². The summed E-state index contributed by atoms with van der Waals surface area (Å²) in [5.41, 5.74) is 2.60. The van der Waals surface area contributed by atoms with Gasteiger partial charge in [0.15, 0.2) is 5.65 Å². The summed E-state index contributed by atoms with van der Waals surface area (Å²) < 4.78 is 2.55. The molecule has 0 aromatic carbocycles. The summed E-state index contributed by atoms with van der Waals surface area (Å²) in [6, 6.07) is 1.87. The third-order valence-corrected chi connectivity index (χ3v) is 3.62. The summed E-state index contributed by atoms with van der Waals surface area (Å²) in [7, 11) is 0. The van der Waals surface area contributed by atoms with E-state index in [-0.39, 0.29) is 5.41 Å². The van der Waals surface area contributed by atoms with Crippen LogP contribution in [0, 0.1) is 6.92 Å². The molecule has 0 N–H and O–H groups in total. The predicted octanol–water partition coefficient (Wildman–Crippen LogP) is 3.75. The van der Waals surface area contributed by atoms with Gasteiger partial charge in [0.2, 0.25) is 0 Å². The highest BCUT2D eigenvalue weighted by atomic mass is 79.9. The summed E-state index contributed by atoms with van der Waals surface area (Å²) in [4.78, 5) is 4.60. The van der Waals surface area contributed by atoms with E-state index in [4.69, 9.17) is 11.6 Å². The molecule has 0 bridgehead atoms. The standard InChI is InChI=1S/C11H13BrClN3/c1-6-9(12)10-14-7(11(2,3)4)5-8(13)16(10)15-6/h5H,1-4H3. The van der Waals surface area contributed by atoms with E-state index in [1.165, 1.54) is 0 Å². The Labute approximate surface area is 108 Å². The highest BCUT2D eigenvalue weighted by Crippen LogP contribution is 2.28. The molecular weight excluding hydrogens is 289 g/mol. The maximum atomic E-state index is 6.19. The normalized spacial score (nSPS) is 12.4. The Hall–Kier alpha value is -0.610. The first-order valence-electron chi connectivity index (χ1n) is 5.02. The minimum Gasteiger partial charge on any atom is -0.232 e. The maximum Gasteiger partial charge on any atom is 0.171 e. The Bertz CT molecular complexity index is 554. The van der Waals surface area contributed by atoms with Crippen molar-refractivity contribution in [3.05, 3.63) is 27.1 Å². The van der Waals surface area contributed by atoms with E-state index in [9.17, 15) is 0 Å². The number of aromatic nitrogens is 3. The van der Waals surface area contributed by atoms with Crippen LogP contribution in [0.3, 0.4) is 0 Å². The molecule has 0 fully saturated rings. The molecule has 86 valence electrons. The number of nitrogens with zero attached hydrogens (tertiary/aromatic N) is 3. The summed E-state index contributed by atoms with van der Waals surface area (Å²) in [5.74, 6) is 0. The van der Waals surface area contributed by atoms with Gasteiger partial charge >= 0.3 is 0 Å². The number of rotatable bonds is 0. The van der Waals surface area contributed by atoms with Crippen LogP contribution in [-0.4, -0.2) is 14.6 Å². The second-order valence-corrected chi connectivity index (χ2v) is 6.03. The van der Waals surface area contributed by atoms with Crippen LogP contribution in [0.4, 0.5) is 0 Å². The molecular formula is C11H13BrClN3. The molecule has 0 aliphatic heterocycles. The van der Waals surface area contributed by atoms with Gasteiger partial charge < -0.3 is 0 Å². The van der Waals surface area contributed by atoms with E-state index >= 15 is 0 Å². The molecule has 0 spiro atoms. The smallest absolute Gasteiger partial charge is 0.171 e. The minimum atomic E-state index is -0.0248. The van der Waals surface area contributed by atoms with Crippen LogP contribution in [-0.2, 0) is 5.41 Å². The van der Waals surface area contributed by atoms with Gasteiger partial charge in [-0.15, -0.1) is 0 Å². The van der Waals surface area contributed by atoms with Crippen molar-refractivity contribution in [2.24, 2.45) is 0 Å². The molecule has 0 atom stereocenters. The highest BCUT2D eigenvalue weighted by Gasteiger charge is 2.19. The Morgan fingerprint density at radius 2 is 2.00 bits per heavy atom. The van der Waals surface area contributed by atoms with Crippen LogP contribution in [0.5, 0.6) is 0 Å². The summed E-state index contributed by atoms with van der Waals surface area (Å²) in [6.45, 7) is 8.25. The molecule has 0 aliphatic carbocycles. The highest BCUT2D eigenvalue weighted by molar-refractivity contribution is 9.10. The summed E-state index contributed by atoms with van der Waals surface area (Å²) >= 11 is 9.67. The molecule has 0 saturated heterocycles. The van der Waals surface area contributed by atoms with Crippen molar-refractivity contribution < 1.29 is 0 Å². The molecule has 5 heteroatoms. The molecule has 0 amide bonds. The quantitative estimate of drug-likeness (QED) is 0.694. The van der Waals surface area contributed by atoms with Crippen LogP contribution in [0.25, 0.3) is 5.65 Å². The summed E-state index contributed by atoms with van der Waals surface area (Å²) in [6.07, 6.45) is 0. The van der Waals surface area contributed by atoms with Crippen LogP contribution >= 0.6 is 27.5 Å². The number of hydrogen-bond acceptors (Lipinski definition) is 2. The fourth-order valence-electron chi connectivity index (χ4n) is 1.45. The van der Waals surface area contributed by atoms with Gasteiger partial charge in [-0.1, -0.05) is 32.4 Å². The zero-order valence-electron chi connectivity index (χ0n) is 9.67. The third kappa shape index (κ3) is 1.84. The lowest BCUT2D eigenvalue weighted by Gasteiger charge is -2.17. The molecule has 0 saturated carbocycles. The van der Waals surface area contributed by atoms with E-state index in [0.717, 1.165) is 21.5 Å². The van der Waals surface area contributed by atoms with Crippen molar-refractivity contribution in [2.75, 3.05) is 0 Å². The summed E-state index contributed by atoms with van der Waals surface area (Å²) in [5, 5.41) is 4.90. The van der Waals surface area contributed by atoms with Crippen LogP contribution < -0.4 is 0 Å². The van der Waals surface area contributed by atoms with Crippen molar-refractivity contribution in [2.45, 2.75) is 33.1 Å². The van der Waals surface area contributed by atoms with Gasteiger partial charge in [-0.25, -0.2) is 9.50 Å². The maximum absolute atomic E-state index is 6.19. The second-order valence-electron chi connectivity index (χ2n) is 4.85. The van der Waals surface area contributed by atoms with Gasteiger partial charge in [0.1, 0.15) is 5.15 Å². The zero-order chi connectivity index (χ0) is 12.1. The molecule has 2 aromatic heterocycles. The predicted molar refractivity (Wildman–Crippen MR) is 69.1 cm³/mol. The number of fused-ring (bicyclic) bond motifs is 1. The SMILES string of the molecule is Cc1nn2c(Cl)cc(C(C)(C)C)nc2c1Br. The largest absolute Gasteiger partial charge is 0.232 e. The molecule has 16 heavy (non-hydrogen) atoms. The first kappa shape index (κ1) is 11.9. The van der Waals surface area contributed by atoms with Gasteiger partial charge in [0.25, 0.3) is 0 Å². The first-order valence-corrected chi connectivity index (χ1v) is 6.19. The van der Waals surface area contributed by atoms with E-state index in [1.807, 2.05) is 13.0 Å². The van der Waals surface area contributed by atoms with Crippen molar-refractivity contribution in [3.63, 3.8) is 0 Å². The molecule has 0 aliphatic rings. The molecule has 0 radical (unpaired) electrons. The van der Waals surface area contributed by atoms with Crippen molar-refractivity contribution >= 4 is 33.2 Å². The average Bonchev–Trinajstić information content (AvgIpc) is 2.44. The third-order valence-electron chi connectivity index (χ3n) is 2.42. The van der Waals surface area contributed by atoms with Gasteiger partial charge in [-0.3, -0.25) is 0 Å². The Morgan fingerprint density at radius 3 is 2.56 bits per heavy atom. The second kappa shape index (κ2) is 3.70. The van der Waals surface area contributed by atoms with Gasteiger partial charge in [0, 0.05) is 5.41 Å². The van der Waals surface area contributed by atoms with Gasteiger partial charge in [0.05, 0.1) is 15.9 Å². The first-order chi connectivity index (χ1) is 7.30. The van der Waals surface area contributed by atoms with E-state index in [2.05, 4.69) is 46.8 Å². The molecule has 3 nitrogen and oxygen atoms in total. The van der Waals surface area contributed by atoms with Crippen LogP contribution in [0.2, 0.25) is 5.15 Å². The molecule has 0 unspecified atom stereocenters. The van der Waals surface area contributed by atoms with Crippen molar-refractivity contribution in [3.8, 4) is 0 Å². The van der Waals surface area contributed by atoms with Gasteiger partial charge in [-0.2, -0.15) is 5.10 Å². The lowest BCUT2D eigenvalue weighted by Crippen LogP contribution is -2.14. The lowest BCUT2D eigenvalue weighted by atomic mass is 9.92. The average molecular weight is 303 g/mol. The van der Waals surface area contributed by atoms with E-state index in [0.29, 0.717) is 5.15 Å². The zero-order valence-corrected chi connectivity index (χ0v) is 12.0.